The lowest BCUT2D eigenvalue weighted by molar-refractivity contribution is -0.140. The number of ketones is 2. The van der Waals surface area contributed by atoms with E-state index in [1.165, 1.54) is 0 Å². The number of likely N-dealkylation sites (tertiary alicyclic amines) is 1. The lowest BCUT2D eigenvalue weighted by Crippen LogP contribution is -2.48. The van der Waals surface area contributed by atoms with Gasteiger partial charge in [0.25, 0.3) is 0 Å². The predicted molar refractivity (Wildman–Crippen MR) is 224 cm³/mol. The molecule has 1 fully saturated rings. The standard InChI is InChI=1S/C46H60N6O5/c1-32(2)26-40(49-44(55)37(27-33-14-6-3-7-15-33)30-42(53)39(48)28-34-16-8-4-9-17-34)43(54)29-36(20-12-13-23-47)45(56)51-24-21-38(22-25-51)52-31-41(50-46(52)57)35-18-10-5-11-19-35/h3-11,14-19,31-32,36-40H,12-13,20-30,47-48H2,1-2H3,(H,49,55)(H,50,57)/t36-,37-,39+,40+/m0/s1. The van der Waals surface area contributed by atoms with Crippen LogP contribution < -0.4 is 22.5 Å². The number of nitrogens with two attached hydrogens (primary N) is 2. The van der Waals surface area contributed by atoms with E-state index in [0.717, 1.165) is 28.8 Å². The normalized spacial score (nSPS) is 15.5. The number of piperidine rings is 1. The zero-order chi connectivity index (χ0) is 40.7. The first kappa shape index (κ1) is 43.0. The minimum Gasteiger partial charge on any atom is -0.346 e. The molecule has 0 radical (unpaired) electrons. The van der Waals surface area contributed by atoms with Crippen molar-refractivity contribution in [3.8, 4) is 11.3 Å². The molecule has 6 N–H and O–H groups in total. The molecule has 2 heterocycles. The first-order chi connectivity index (χ1) is 27.5. The summed E-state index contributed by atoms with van der Waals surface area (Å²) in [7, 11) is 0. The second-order valence-electron chi connectivity index (χ2n) is 16.0. The van der Waals surface area contributed by atoms with E-state index in [1.54, 1.807) is 4.57 Å². The number of aromatic nitrogens is 2. The van der Waals surface area contributed by atoms with Gasteiger partial charge in [0.15, 0.2) is 11.6 Å². The third kappa shape index (κ3) is 12.7. The van der Waals surface area contributed by atoms with Gasteiger partial charge in [0.05, 0.1) is 17.8 Å². The number of nitrogens with zero attached hydrogens (tertiary/aromatic N) is 2. The molecule has 2 amide bonds. The van der Waals surface area contributed by atoms with E-state index < -0.39 is 23.9 Å². The number of aromatic amines is 1. The number of carbonyl (C=O) groups is 4. The highest BCUT2D eigenvalue weighted by atomic mass is 16.2. The van der Waals surface area contributed by atoms with Gasteiger partial charge in [-0.25, -0.2) is 4.79 Å². The monoisotopic (exact) mass is 776 g/mol. The van der Waals surface area contributed by atoms with Gasteiger partial charge in [-0.05, 0) is 74.1 Å². The van der Waals surface area contributed by atoms with Crippen molar-refractivity contribution in [3.63, 3.8) is 0 Å². The number of hydrogen-bond acceptors (Lipinski definition) is 7. The van der Waals surface area contributed by atoms with Crippen LogP contribution in [0.4, 0.5) is 0 Å². The van der Waals surface area contributed by atoms with Gasteiger partial charge in [0.1, 0.15) is 0 Å². The molecule has 1 aromatic heterocycles. The SMILES string of the molecule is CC(C)C[C@@H](NC(=O)[C@H](CC(=O)[C@H](N)Cc1ccccc1)Cc1ccccc1)C(=O)C[C@H](CCCCN)C(=O)N1CCC(n2cc(-c3ccccc3)[nH]c2=O)CC1. The first-order valence-electron chi connectivity index (χ1n) is 20.6. The predicted octanol–water partition coefficient (Wildman–Crippen LogP) is 5.63. The summed E-state index contributed by atoms with van der Waals surface area (Å²) in [4.78, 5) is 73.7. The lowest BCUT2D eigenvalue weighted by Gasteiger charge is -2.35. The average Bonchev–Trinajstić information content (AvgIpc) is 3.61. The van der Waals surface area contributed by atoms with Gasteiger partial charge in [0, 0.05) is 50.0 Å². The Kier molecular flexibility index (Phi) is 16.2. The molecular weight excluding hydrogens is 717 g/mol. The number of rotatable bonds is 21. The van der Waals surface area contributed by atoms with Gasteiger partial charge in [-0.1, -0.05) is 111 Å². The van der Waals surface area contributed by atoms with Crippen LogP contribution in [0, 0.1) is 17.8 Å². The number of nitrogens with one attached hydrogen (secondary N) is 2. The number of H-pyrrole nitrogens is 1. The molecular formula is C46H60N6O5. The lowest BCUT2D eigenvalue weighted by atomic mass is 9.87. The molecule has 4 aromatic rings. The third-order valence-electron chi connectivity index (χ3n) is 11.1. The minimum atomic E-state index is -0.821. The number of hydrogen-bond donors (Lipinski definition) is 4. The Morgan fingerprint density at radius 3 is 1.96 bits per heavy atom. The van der Waals surface area contributed by atoms with Crippen molar-refractivity contribution in [2.24, 2.45) is 29.2 Å². The fraction of sp³-hybridized carbons (Fsp3) is 0.457. The van der Waals surface area contributed by atoms with Crippen molar-refractivity contribution in [2.75, 3.05) is 19.6 Å². The van der Waals surface area contributed by atoms with E-state index in [1.807, 2.05) is 116 Å². The fourth-order valence-electron chi connectivity index (χ4n) is 7.87. The van der Waals surface area contributed by atoms with Gasteiger partial charge in [-0.2, -0.15) is 0 Å². The number of benzene rings is 3. The maximum Gasteiger partial charge on any atom is 0.326 e. The van der Waals surface area contributed by atoms with E-state index in [9.17, 15) is 24.0 Å². The molecule has 0 spiro atoms. The number of amides is 2. The highest BCUT2D eigenvalue weighted by Gasteiger charge is 2.34. The van der Waals surface area contributed by atoms with Crippen molar-refractivity contribution in [2.45, 2.75) is 96.2 Å². The summed E-state index contributed by atoms with van der Waals surface area (Å²) in [5.41, 5.74) is 15.5. The number of carbonyl (C=O) groups excluding carboxylic acids is 4. The molecule has 0 aliphatic carbocycles. The fourth-order valence-corrected chi connectivity index (χ4v) is 7.87. The number of unbranched alkanes of at least 4 members (excludes halogenated alkanes) is 1. The summed E-state index contributed by atoms with van der Waals surface area (Å²) < 4.78 is 1.74. The molecule has 5 rings (SSSR count). The van der Waals surface area contributed by atoms with Crippen molar-refractivity contribution >= 4 is 23.4 Å². The number of imidazole rings is 1. The Morgan fingerprint density at radius 2 is 1.37 bits per heavy atom. The summed E-state index contributed by atoms with van der Waals surface area (Å²) in [6.07, 6.45) is 6.03. The molecule has 3 aromatic carbocycles. The Balaban J connectivity index is 1.26. The van der Waals surface area contributed by atoms with Crippen LogP contribution in [0.3, 0.4) is 0 Å². The molecule has 0 saturated carbocycles. The van der Waals surface area contributed by atoms with Gasteiger partial charge in [-0.15, -0.1) is 0 Å². The smallest absolute Gasteiger partial charge is 0.326 e. The Bertz CT molecular complexity index is 1940. The molecule has 1 aliphatic heterocycles. The Hall–Kier alpha value is -5.13. The van der Waals surface area contributed by atoms with Crippen LogP contribution in [0.2, 0.25) is 0 Å². The Labute approximate surface area is 336 Å². The molecule has 0 bridgehead atoms. The van der Waals surface area contributed by atoms with Crippen LogP contribution in [0.1, 0.15) is 82.4 Å². The van der Waals surface area contributed by atoms with E-state index in [-0.39, 0.29) is 53.9 Å². The van der Waals surface area contributed by atoms with Crippen LogP contribution in [0.15, 0.2) is 102 Å². The van der Waals surface area contributed by atoms with Gasteiger partial charge < -0.3 is 26.7 Å². The molecule has 1 saturated heterocycles. The Morgan fingerprint density at radius 1 is 0.789 bits per heavy atom. The molecule has 11 nitrogen and oxygen atoms in total. The van der Waals surface area contributed by atoms with E-state index in [0.29, 0.717) is 64.6 Å². The zero-order valence-electron chi connectivity index (χ0n) is 33.5. The molecule has 304 valence electrons. The molecule has 0 unspecified atom stereocenters. The summed E-state index contributed by atoms with van der Waals surface area (Å²) in [6, 6.07) is 27.1. The summed E-state index contributed by atoms with van der Waals surface area (Å²) in [5.74, 6) is -2.09. The molecule has 11 heteroatoms. The molecule has 1 aliphatic rings. The zero-order valence-corrected chi connectivity index (χ0v) is 33.5. The maximum absolute atomic E-state index is 14.2. The van der Waals surface area contributed by atoms with Gasteiger partial charge >= 0.3 is 5.69 Å². The van der Waals surface area contributed by atoms with Crippen LogP contribution in [-0.2, 0) is 32.0 Å². The van der Waals surface area contributed by atoms with Crippen LogP contribution >= 0.6 is 0 Å². The summed E-state index contributed by atoms with van der Waals surface area (Å²) >= 11 is 0. The average molecular weight is 777 g/mol. The van der Waals surface area contributed by atoms with Crippen molar-refractivity contribution in [1.82, 2.24) is 19.8 Å². The topological polar surface area (TPSA) is 173 Å². The van der Waals surface area contributed by atoms with E-state index in [4.69, 9.17) is 11.5 Å². The van der Waals surface area contributed by atoms with Crippen LogP contribution in [0.5, 0.6) is 0 Å². The highest BCUT2D eigenvalue weighted by Crippen LogP contribution is 2.27. The van der Waals surface area contributed by atoms with Gasteiger partial charge in [0.2, 0.25) is 11.8 Å². The summed E-state index contributed by atoms with van der Waals surface area (Å²) in [5, 5.41) is 3.03. The van der Waals surface area contributed by atoms with Crippen LogP contribution in [0.25, 0.3) is 11.3 Å². The van der Waals surface area contributed by atoms with Crippen molar-refractivity contribution in [1.29, 1.82) is 0 Å². The van der Waals surface area contributed by atoms with E-state index >= 15 is 0 Å². The highest BCUT2D eigenvalue weighted by molar-refractivity contribution is 5.94. The quantitative estimate of drug-likeness (QED) is 0.0794. The van der Waals surface area contributed by atoms with Crippen molar-refractivity contribution < 1.29 is 19.2 Å². The van der Waals surface area contributed by atoms with Gasteiger partial charge in [-0.3, -0.25) is 23.7 Å². The van der Waals surface area contributed by atoms with Crippen LogP contribution in [-0.4, -0.2) is 69.5 Å². The maximum atomic E-state index is 14.2. The molecule has 57 heavy (non-hydrogen) atoms. The second kappa shape index (κ2) is 21.4. The van der Waals surface area contributed by atoms with Crippen molar-refractivity contribution in [3.05, 3.63) is 119 Å². The third-order valence-corrected chi connectivity index (χ3v) is 11.1. The summed E-state index contributed by atoms with van der Waals surface area (Å²) in [6.45, 7) is 5.41. The minimum absolute atomic E-state index is 0.0110. The molecule has 4 atom stereocenters. The second-order valence-corrected chi connectivity index (χ2v) is 16.0. The van der Waals surface area contributed by atoms with E-state index in [2.05, 4.69) is 10.3 Å². The first-order valence-corrected chi connectivity index (χ1v) is 20.6. The largest absolute Gasteiger partial charge is 0.346 e. The number of Topliss-reactive ketones (excluding diaryl/α,β-unsaturated/α-hetero) is 2.